The minimum Gasteiger partial charge on any atom is -0.477 e. The van der Waals surface area contributed by atoms with Crippen molar-refractivity contribution in [3.63, 3.8) is 0 Å². The summed E-state index contributed by atoms with van der Waals surface area (Å²) >= 11 is 5.94. The number of aromatic nitrogens is 7. The summed E-state index contributed by atoms with van der Waals surface area (Å²) in [5.41, 5.74) is -0.668. The Morgan fingerprint density at radius 2 is 1.81 bits per heavy atom. The molecule has 0 aliphatic carbocycles. The molecule has 0 radical (unpaired) electrons. The van der Waals surface area contributed by atoms with Crippen LogP contribution in [0.3, 0.4) is 0 Å². The van der Waals surface area contributed by atoms with Gasteiger partial charge in [0.1, 0.15) is 6.54 Å². The van der Waals surface area contributed by atoms with Crippen molar-refractivity contribution in [1.82, 2.24) is 35.0 Å². The van der Waals surface area contributed by atoms with Gasteiger partial charge >= 0.3 is 24.0 Å². The van der Waals surface area contributed by atoms with E-state index in [2.05, 4.69) is 25.5 Å². The van der Waals surface area contributed by atoms with Gasteiger partial charge in [-0.15, -0.1) is 10.2 Å². The number of nitrogens with zero attached hydrogens (tertiary/aromatic N) is 7. The predicted molar refractivity (Wildman–Crippen MR) is 85.1 cm³/mol. The van der Waals surface area contributed by atoms with E-state index < -0.39 is 42.1 Å². The second-order valence-corrected chi connectivity index (χ2v) is 6.24. The van der Waals surface area contributed by atoms with Gasteiger partial charge in [-0.1, -0.05) is 11.6 Å². The van der Waals surface area contributed by atoms with Crippen molar-refractivity contribution < 1.29 is 40.6 Å². The van der Waals surface area contributed by atoms with E-state index in [-0.39, 0.29) is 21.3 Å². The molecule has 0 aromatic carbocycles. The average Bonchev–Trinajstić information content (AvgIpc) is 3.29. The van der Waals surface area contributed by atoms with Crippen LogP contribution in [0.1, 0.15) is 22.0 Å². The van der Waals surface area contributed by atoms with E-state index in [1.807, 2.05) is 0 Å². The molecule has 0 saturated carbocycles. The van der Waals surface area contributed by atoms with Gasteiger partial charge in [-0.25, -0.2) is 14.5 Å². The standard InChI is InChI=1S/C14H7ClF7N7O2/c15-7-2-1-3-23-9(7)29-8(10(30)31)4-6(25-29)5-28-26-11(24-27-28)12(16,17)13(18,19)14(20,21)22/h1-4H,5H2,(H,30,31). The number of hydrogen-bond donors (Lipinski definition) is 1. The molecule has 3 aromatic rings. The molecule has 0 amide bonds. The SMILES string of the molecule is O=C(O)c1cc(Cn2nnc(C(F)(F)C(F)(F)C(F)(F)F)n2)nn1-c1ncccc1Cl. The van der Waals surface area contributed by atoms with Gasteiger partial charge in [-0.3, -0.25) is 0 Å². The van der Waals surface area contributed by atoms with Crippen LogP contribution in [-0.4, -0.2) is 58.1 Å². The predicted octanol–water partition coefficient (Wildman–Crippen LogP) is 2.94. The third-order valence-electron chi connectivity index (χ3n) is 3.71. The summed E-state index contributed by atoms with van der Waals surface area (Å²) in [5, 5.41) is 21.6. The highest BCUT2D eigenvalue weighted by molar-refractivity contribution is 6.32. The van der Waals surface area contributed by atoms with Crippen molar-refractivity contribution in [2.45, 2.75) is 24.6 Å². The van der Waals surface area contributed by atoms with Gasteiger partial charge in [-0.05, 0) is 23.4 Å². The van der Waals surface area contributed by atoms with E-state index in [1.54, 1.807) is 0 Å². The summed E-state index contributed by atoms with van der Waals surface area (Å²) in [4.78, 5) is 15.5. The highest BCUT2D eigenvalue weighted by Gasteiger charge is 2.75. The summed E-state index contributed by atoms with van der Waals surface area (Å²) in [6.45, 7) is -0.696. The van der Waals surface area contributed by atoms with Gasteiger partial charge in [0.2, 0.25) is 0 Å². The van der Waals surface area contributed by atoms with Gasteiger partial charge in [0.15, 0.2) is 11.5 Å². The molecule has 1 N–H and O–H groups in total. The largest absolute Gasteiger partial charge is 0.477 e. The Bertz CT molecular complexity index is 1130. The van der Waals surface area contributed by atoms with E-state index in [1.165, 1.54) is 18.3 Å². The lowest BCUT2D eigenvalue weighted by Crippen LogP contribution is -2.50. The molecular weight excluding hydrogens is 467 g/mol. The molecule has 31 heavy (non-hydrogen) atoms. The Balaban J connectivity index is 1.94. The summed E-state index contributed by atoms with van der Waals surface area (Å²) in [6.07, 6.45) is -5.29. The summed E-state index contributed by atoms with van der Waals surface area (Å²) in [6, 6.07) is 3.78. The molecule has 3 rings (SSSR count). The van der Waals surface area contributed by atoms with E-state index in [4.69, 9.17) is 11.6 Å². The Hall–Kier alpha value is -3.30. The zero-order chi connectivity index (χ0) is 23.2. The van der Waals surface area contributed by atoms with Crippen molar-refractivity contribution in [3.05, 3.63) is 46.6 Å². The van der Waals surface area contributed by atoms with Crippen LogP contribution in [0.25, 0.3) is 5.82 Å². The quantitative estimate of drug-likeness (QED) is 0.548. The summed E-state index contributed by atoms with van der Waals surface area (Å²) in [5.74, 6) is -16.0. The lowest BCUT2D eigenvalue weighted by Gasteiger charge is -2.25. The molecule has 0 spiro atoms. The maximum atomic E-state index is 13.7. The second kappa shape index (κ2) is 7.44. The molecule has 0 aliphatic rings. The maximum absolute atomic E-state index is 13.7. The van der Waals surface area contributed by atoms with E-state index in [0.29, 0.717) is 0 Å². The number of carboxylic acids is 1. The lowest BCUT2D eigenvalue weighted by molar-refractivity contribution is -0.361. The minimum atomic E-state index is -6.57. The second-order valence-electron chi connectivity index (χ2n) is 5.84. The summed E-state index contributed by atoms with van der Waals surface area (Å²) < 4.78 is 91.2. The smallest absolute Gasteiger partial charge is 0.460 e. The Kier molecular flexibility index (Phi) is 5.37. The number of pyridine rings is 1. The first-order chi connectivity index (χ1) is 14.3. The molecule has 9 nitrogen and oxygen atoms in total. The first-order valence-electron chi connectivity index (χ1n) is 7.79. The van der Waals surface area contributed by atoms with Crippen molar-refractivity contribution in [2.24, 2.45) is 0 Å². The molecule has 0 saturated heterocycles. The van der Waals surface area contributed by atoms with Crippen LogP contribution >= 0.6 is 11.6 Å². The molecule has 0 fully saturated rings. The molecule has 3 heterocycles. The normalized spacial score (nSPS) is 12.9. The van der Waals surface area contributed by atoms with Crippen molar-refractivity contribution in [1.29, 1.82) is 0 Å². The average molecular weight is 474 g/mol. The Labute approximate surface area is 171 Å². The van der Waals surface area contributed by atoms with E-state index in [0.717, 1.165) is 10.7 Å². The molecule has 166 valence electrons. The Morgan fingerprint density at radius 1 is 1.13 bits per heavy atom. The van der Waals surface area contributed by atoms with E-state index >= 15 is 0 Å². The first-order valence-corrected chi connectivity index (χ1v) is 8.17. The number of alkyl halides is 7. The first kappa shape index (κ1) is 22.4. The number of carbonyl (C=O) groups is 1. The van der Waals surface area contributed by atoms with Gasteiger partial charge in [0, 0.05) is 6.20 Å². The molecule has 0 unspecified atom stereocenters. The monoisotopic (exact) mass is 473 g/mol. The minimum absolute atomic E-state index is 0.00911. The molecular formula is C14H7ClF7N7O2. The zero-order valence-corrected chi connectivity index (χ0v) is 15.3. The van der Waals surface area contributed by atoms with Gasteiger partial charge in [0.25, 0.3) is 5.82 Å². The van der Waals surface area contributed by atoms with Crippen LogP contribution in [0, 0.1) is 0 Å². The van der Waals surface area contributed by atoms with Crippen LogP contribution < -0.4 is 0 Å². The van der Waals surface area contributed by atoms with Crippen molar-refractivity contribution in [3.8, 4) is 5.82 Å². The van der Waals surface area contributed by atoms with Crippen LogP contribution in [-0.2, 0) is 12.5 Å². The van der Waals surface area contributed by atoms with E-state index in [9.17, 15) is 40.6 Å². The third kappa shape index (κ3) is 3.89. The fraction of sp³-hybridized carbons (Fsp3) is 0.286. The number of carboxylic acid groups (broad SMARTS) is 1. The van der Waals surface area contributed by atoms with Crippen LogP contribution in [0.15, 0.2) is 24.4 Å². The number of hydrogen-bond acceptors (Lipinski definition) is 6. The molecule has 0 atom stereocenters. The van der Waals surface area contributed by atoms with Crippen LogP contribution in [0.2, 0.25) is 5.02 Å². The summed E-state index contributed by atoms with van der Waals surface area (Å²) in [7, 11) is 0. The number of halogens is 8. The molecule has 0 bridgehead atoms. The zero-order valence-electron chi connectivity index (χ0n) is 14.5. The number of rotatable bonds is 6. The molecule has 3 aromatic heterocycles. The van der Waals surface area contributed by atoms with Crippen molar-refractivity contribution in [2.75, 3.05) is 0 Å². The van der Waals surface area contributed by atoms with Gasteiger partial charge < -0.3 is 5.11 Å². The van der Waals surface area contributed by atoms with Crippen LogP contribution in [0.5, 0.6) is 0 Å². The third-order valence-corrected chi connectivity index (χ3v) is 4.00. The topological polar surface area (TPSA) is 112 Å². The molecule has 0 aliphatic heterocycles. The highest BCUT2D eigenvalue weighted by atomic mass is 35.5. The van der Waals surface area contributed by atoms with Gasteiger partial charge in [0.05, 0.1) is 10.7 Å². The fourth-order valence-electron chi connectivity index (χ4n) is 2.25. The van der Waals surface area contributed by atoms with Crippen molar-refractivity contribution >= 4 is 17.6 Å². The lowest BCUT2D eigenvalue weighted by atomic mass is 10.1. The maximum Gasteiger partial charge on any atom is 0.460 e. The number of aromatic carboxylic acids is 1. The molecule has 17 heteroatoms. The highest BCUT2D eigenvalue weighted by Crippen LogP contribution is 2.50. The van der Waals surface area contributed by atoms with Crippen LogP contribution in [0.4, 0.5) is 30.7 Å². The number of tetrazole rings is 1. The Morgan fingerprint density at radius 3 is 2.39 bits per heavy atom. The fourth-order valence-corrected chi connectivity index (χ4v) is 2.46. The van der Waals surface area contributed by atoms with Gasteiger partial charge in [-0.2, -0.15) is 40.6 Å².